The SMILES string of the molecule is N#Cc1cc(C#N)cc(-c2c(-n3c4ccccc4c4cc(-c5ccccc5)ccc43)cc(C#N)cc2-n2c3ccccc3c3cc(-c4ccccc4)ccc32)c1. The lowest BCUT2D eigenvalue weighted by molar-refractivity contribution is 1.13. The van der Waals surface area contributed by atoms with Crippen molar-refractivity contribution < 1.29 is 0 Å². The predicted octanol–water partition coefficient (Wildman–Crippen LogP) is 12.5. The lowest BCUT2D eigenvalue weighted by atomic mass is 9.95. The summed E-state index contributed by atoms with van der Waals surface area (Å²) in [6, 6.07) is 66.6. The Bertz CT molecular complexity index is 3120. The molecule has 56 heavy (non-hydrogen) atoms. The molecule has 0 fully saturated rings. The number of rotatable bonds is 5. The Hall–Kier alpha value is -8.17. The maximum Gasteiger partial charge on any atom is 0.0993 e. The summed E-state index contributed by atoms with van der Waals surface area (Å²) in [5, 5.41) is 35.4. The van der Waals surface area contributed by atoms with E-state index in [-0.39, 0.29) is 0 Å². The van der Waals surface area contributed by atoms with E-state index in [1.54, 1.807) is 6.07 Å². The van der Waals surface area contributed by atoms with Crippen molar-refractivity contribution in [1.29, 1.82) is 15.8 Å². The Morgan fingerprint density at radius 1 is 0.304 bits per heavy atom. The van der Waals surface area contributed by atoms with Crippen LogP contribution in [0.25, 0.3) is 88.4 Å². The highest BCUT2D eigenvalue weighted by molar-refractivity contribution is 6.13. The zero-order chi connectivity index (χ0) is 37.8. The van der Waals surface area contributed by atoms with Crippen LogP contribution in [-0.2, 0) is 0 Å². The molecule has 258 valence electrons. The summed E-state index contributed by atoms with van der Waals surface area (Å²) in [5.41, 5.74) is 12.6. The van der Waals surface area contributed by atoms with Gasteiger partial charge in [-0.05, 0) is 94.5 Å². The average Bonchev–Trinajstić information content (AvgIpc) is 3.78. The smallest absolute Gasteiger partial charge is 0.0993 e. The van der Waals surface area contributed by atoms with Gasteiger partial charge in [-0.3, -0.25) is 0 Å². The number of fused-ring (bicyclic) bond motifs is 6. The molecule has 2 aromatic heterocycles. The number of nitriles is 3. The van der Waals surface area contributed by atoms with E-state index in [0.717, 1.165) is 82.8 Å². The van der Waals surface area contributed by atoms with Gasteiger partial charge in [-0.1, -0.05) is 109 Å². The molecule has 5 nitrogen and oxygen atoms in total. The number of hydrogen-bond donors (Lipinski definition) is 0. The van der Waals surface area contributed by atoms with Gasteiger partial charge in [-0.15, -0.1) is 0 Å². The molecular weight excluding hydrogens is 683 g/mol. The Balaban J connectivity index is 1.36. The summed E-state index contributed by atoms with van der Waals surface area (Å²) in [5.74, 6) is 0. The number of aromatic nitrogens is 2. The highest BCUT2D eigenvalue weighted by Gasteiger charge is 2.24. The van der Waals surface area contributed by atoms with Gasteiger partial charge in [0.1, 0.15) is 0 Å². The Morgan fingerprint density at radius 3 is 1.14 bits per heavy atom. The normalized spacial score (nSPS) is 11.2. The van der Waals surface area contributed by atoms with Crippen LogP contribution >= 0.6 is 0 Å². The van der Waals surface area contributed by atoms with Crippen LogP contribution in [-0.4, -0.2) is 9.13 Å². The van der Waals surface area contributed by atoms with Crippen LogP contribution in [0.1, 0.15) is 16.7 Å². The fraction of sp³-hybridized carbons (Fsp3) is 0. The van der Waals surface area contributed by atoms with Crippen molar-refractivity contribution in [1.82, 2.24) is 9.13 Å². The summed E-state index contributed by atoms with van der Waals surface area (Å²) >= 11 is 0. The second kappa shape index (κ2) is 13.0. The van der Waals surface area contributed by atoms with Crippen molar-refractivity contribution in [3.05, 3.63) is 193 Å². The molecule has 0 radical (unpaired) electrons. The minimum Gasteiger partial charge on any atom is -0.308 e. The third kappa shape index (κ3) is 5.14. The third-order valence-corrected chi connectivity index (χ3v) is 10.7. The fourth-order valence-electron chi connectivity index (χ4n) is 8.31. The predicted molar refractivity (Wildman–Crippen MR) is 226 cm³/mol. The van der Waals surface area contributed by atoms with Crippen LogP contribution in [0, 0.1) is 34.0 Å². The second-order valence-corrected chi connectivity index (χ2v) is 13.9. The lowest BCUT2D eigenvalue weighted by Crippen LogP contribution is -2.05. The second-order valence-electron chi connectivity index (χ2n) is 13.9. The van der Waals surface area contributed by atoms with Crippen molar-refractivity contribution >= 4 is 43.6 Å². The number of hydrogen-bond acceptors (Lipinski definition) is 3. The molecule has 0 atom stereocenters. The van der Waals surface area contributed by atoms with Gasteiger partial charge < -0.3 is 9.13 Å². The highest BCUT2D eigenvalue weighted by atomic mass is 15.0. The first kappa shape index (κ1) is 32.5. The molecule has 0 N–H and O–H groups in total. The first-order valence-corrected chi connectivity index (χ1v) is 18.4. The van der Waals surface area contributed by atoms with Crippen molar-refractivity contribution in [2.45, 2.75) is 0 Å². The summed E-state index contributed by atoms with van der Waals surface area (Å²) in [4.78, 5) is 0. The van der Waals surface area contributed by atoms with Crippen molar-refractivity contribution in [2.24, 2.45) is 0 Å². The van der Waals surface area contributed by atoms with E-state index in [2.05, 4.69) is 124 Å². The summed E-state index contributed by atoms with van der Waals surface area (Å²) < 4.78 is 4.46. The highest BCUT2D eigenvalue weighted by Crippen LogP contribution is 2.44. The van der Waals surface area contributed by atoms with Gasteiger partial charge in [0.15, 0.2) is 0 Å². The summed E-state index contributed by atoms with van der Waals surface area (Å²) in [7, 11) is 0. The van der Waals surface area contributed by atoms with E-state index in [9.17, 15) is 15.8 Å². The van der Waals surface area contributed by atoms with Crippen LogP contribution in [0.2, 0.25) is 0 Å². The van der Waals surface area contributed by atoms with Gasteiger partial charge in [0, 0.05) is 27.1 Å². The maximum atomic E-state index is 10.7. The molecule has 10 aromatic rings. The largest absolute Gasteiger partial charge is 0.308 e. The minimum atomic E-state index is 0.379. The fourth-order valence-corrected chi connectivity index (χ4v) is 8.31. The van der Waals surface area contributed by atoms with E-state index < -0.39 is 0 Å². The van der Waals surface area contributed by atoms with Gasteiger partial charge in [-0.2, -0.15) is 15.8 Å². The first-order valence-electron chi connectivity index (χ1n) is 18.4. The molecule has 0 spiro atoms. The van der Waals surface area contributed by atoms with Crippen molar-refractivity contribution in [3.8, 4) is 63.0 Å². The van der Waals surface area contributed by atoms with E-state index >= 15 is 0 Å². The molecule has 10 rings (SSSR count). The summed E-state index contributed by atoms with van der Waals surface area (Å²) in [6.07, 6.45) is 0. The average molecular weight is 712 g/mol. The third-order valence-electron chi connectivity index (χ3n) is 10.7. The van der Waals surface area contributed by atoms with E-state index in [1.807, 2.05) is 72.8 Å². The number of benzene rings is 8. The molecule has 8 aromatic carbocycles. The lowest BCUT2D eigenvalue weighted by Gasteiger charge is -2.21. The molecule has 5 heteroatoms. The quantitative estimate of drug-likeness (QED) is 0.178. The topological polar surface area (TPSA) is 81.2 Å². The monoisotopic (exact) mass is 711 g/mol. The molecule has 0 aliphatic heterocycles. The van der Waals surface area contributed by atoms with Gasteiger partial charge in [0.2, 0.25) is 0 Å². The van der Waals surface area contributed by atoms with Crippen LogP contribution < -0.4 is 0 Å². The number of para-hydroxylation sites is 2. The zero-order valence-corrected chi connectivity index (χ0v) is 30.0. The van der Waals surface area contributed by atoms with Gasteiger partial charge in [0.05, 0.1) is 68.3 Å². The Kier molecular flexibility index (Phi) is 7.57. The number of nitrogens with zero attached hydrogens (tertiary/aromatic N) is 5. The molecular formula is C51H29N5. The van der Waals surface area contributed by atoms with Gasteiger partial charge in [0.25, 0.3) is 0 Å². The van der Waals surface area contributed by atoms with E-state index in [1.165, 1.54) is 0 Å². The van der Waals surface area contributed by atoms with Gasteiger partial charge in [-0.25, -0.2) is 0 Å². The van der Waals surface area contributed by atoms with Crippen LogP contribution in [0.3, 0.4) is 0 Å². The maximum absolute atomic E-state index is 10.7. The van der Waals surface area contributed by atoms with E-state index in [0.29, 0.717) is 22.3 Å². The molecule has 0 unspecified atom stereocenters. The first-order chi connectivity index (χ1) is 27.6. The van der Waals surface area contributed by atoms with Crippen molar-refractivity contribution in [2.75, 3.05) is 0 Å². The molecule has 0 amide bonds. The standard InChI is InChI=1S/C51H29N5/c52-30-33-23-34(31-53)25-40(24-33)51-49(55-45-17-9-7-15-41(45)43-28-38(19-21-47(43)55)36-11-3-1-4-12-36)26-35(32-54)27-50(51)56-46-18-10-8-16-42(46)44-29-39(20-22-48(44)56)37-13-5-2-6-14-37/h1-29H. The summed E-state index contributed by atoms with van der Waals surface area (Å²) in [6.45, 7) is 0. The van der Waals surface area contributed by atoms with Crippen LogP contribution in [0.5, 0.6) is 0 Å². The molecule has 0 aliphatic carbocycles. The van der Waals surface area contributed by atoms with Crippen LogP contribution in [0.15, 0.2) is 176 Å². The zero-order valence-electron chi connectivity index (χ0n) is 30.0. The Labute approximate surface area is 323 Å². The molecule has 2 heterocycles. The van der Waals surface area contributed by atoms with Gasteiger partial charge >= 0.3 is 0 Å². The molecule has 0 bridgehead atoms. The Morgan fingerprint density at radius 2 is 0.696 bits per heavy atom. The van der Waals surface area contributed by atoms with Crippen LogP contribution in [0.4, 0.5) is 0 Å². The molecule has 0 aliphatic rings. The molecule has 0 saturated heterocycles. The molecule has 0 saturated carbocycles. The van der Waals surface area contributed by atoms with E-state index in [4.69, 9.17) is 0 Å². The minimum absolute atomic E-state index is 0.379. The van der Waals surface area contributed by atoms with Crippen molar-refractivity contribution in [3.63, 3.8) is 0 Å².